The second kappa shape index (κ2) is 5.85. The van der Waals surface area contributed by atoms with Gasteiger partial charge in [0.2, 0.25) is 0 Å². The van der Waals surface area contributed by atoms with Crippen LogP contribution in [0, 0.1) is 0 Å². The summed E-state index contributed by atoms with van der Waals surface area (Å²) in [5.41, 5.74) is 0. The first kappa shape index (κ1) is 12.2. The molecule has 0 atom stereocenters. The minimum absolute atomic E-state index is 0.336. The Hall–Kier alpha value is -0.900. The summed E-state index contributed by atoms with van der Waals surface area (Å²) in [6, 6.07) is 1.88. The lowest BCUT2D eigenvalue weighted by molar-refractivity contribution is 0.769. The van der Waals surface area contributed by atoms with Crippen molar-refractivity contribution in [3.05, 3.63) is 29.1 Å². The van der Waals surface area contributed by atoms with Crippen molar-refractivity contribution in [2.75, 3.05) is 11.9 Å². The van der Waals surface area contributed by atoms with Crippen molar-refractivity contribution >= 4 is 21.7 Å². The average molecular weight is 270 g/mol. The van der Waals surface area contributed by atoms with Crippen molar-refractivity contribution in [1.82, 2.24) is 9.97 Å². The largest absolute Gasteiger partial charge is 0.370 e. The van der Waals surface area contributed by atoms with Crippen LogP contribution in [-0.2, 0) is 0 Å². The second-order valence-corrected chi connectivity index (χ2v) is 4.41. The van der Waals surface area contributed by atoms with Gasteiger partial charge in [-0.25, -0.2) is 9.97 Å². The Bertz CT molecular complexity index is 337. The number of hydrogen-bond acceptors (Lipinski definition) is 3. The maximum Gasteiger partial charge on any atom is 0.134 e. The zero-order valence-corrected chi connectivity index (χ0v) is 10.7. The Labute approximate surface area is 99.2 Å². The van der Waals surface area contributed by atoms with E-state index in [2.05, 4.69) is 51.6 Å². The molecule has 0 saturated carbocycles. The second-order valence-electron chi connectivity index (χ2n) is 3.59. The summed E-state index contributed by atoms with van der Waals surface area (Å²) in [6.45, 7) is 8.68. The first-order valence-electron chi connectivity index (χ1n) is 5.02. The van der Waals surface area contributed by atoms with Gasteiger partial charge < -0.3 is 5.32 Å². The number of anilines is 1. The van der Waals surface area contributed by atoms with E-state index in [4.69, 9.17) is 0 Å². The Morgan fingerprint density at radius 2 is 2.27 bits per heavy atom. The van der Waals surface area contributed by atoms with Gasteiger partial charge in [0, 0.05) is 18.5 Å². The van der Waals surface area contributed by atoms with Gasteiger partial charge in [0.15, 0.2) is 0 Å². The molecule has 1 heterocycles. The molecule has 0 radical (unpaired) electrons. The van der Waals surface area contributed by atoms with Gasteiger partial charge in [-0.2, -0.15) is 0 Å². The van der Waals surface area contributed by atoms with Crippen molar-refractivity contribution in [2.24, 2.45) is 0 Å². The third-order valence-corrected chi connectivity index (χ3v) is 2.29. The predicted molar refractivity (Wildman–Crippen MR) is 67.1 cm³/mol. The third-order valence-electron chi connectivity index (χ3n) is 1.88. The van der Waals surface area contributed by atoms with Gasteiger partial charge in [0.25, 0.3) is 0 Å². The molecule has 1 aromatic heterocycles. The molecule has 0 fully saturated rings. The highest BCUT2D eigenvalue weighted by Gasteiger charge is 2.05. The maximum atomic E-state index is 4.42. The SMILES string of the molecule is C=CCCNc1cc(Br)nc(C(C)C)n1. The normalized spacial score (nSPS) is 10.4. The van der Waals surface area contributed by atoms with E-state index in [1.165, 1.54) is 0 Å². The Morgan fingerprint density at radius 3 is 2.87 bits per heavy atom. The van der Waals surface area contributed by atoms with Crippen LogP contribution in [-0.4, -0.2) is 16.5 Å². The molecule has 15 heavy (non-hydrogen) atoms. The molecule has 0 aromatic carbocycles. The Kier molecular flexibility index (Phi) is 4.75. The van der Waals surface area contributed by atoms with Crippen LogP contribution in [0.1, 0.15) is 32.0 Å². The van der Waals surface area contributed by atoms with E-state index in [1.54, 1.807) is 0 Å². The molecule has 0 aliphatic rings. The van der Waals surface area contributed by atoms with E-state index in [1.807, 2.05) is 12.1 Å². The fourth-order valence-electron chi connectivity index (χ4n) is 1.09. The molecule has 0 unspecified atom stereocenters. The summed E-state index contributed by atoms with van der Waals surface area (Å²) in [6.07, 6.45) is 2.81. The van der Waals surface area contributed by atoms with Crippen molar-refractivity contribution in [1.29, 1.82) is 0 Å². The lowest BCUT2D eigenvalue weighted by Gasteiger charge is -2.08. The minimum atomic E-state index is 0.336. The van der Waals surface area contributed by atoms with Crippen LogP contribution in [0.5, 0.6) is 0 Å². The van der Waals surface area contributed by atoms with E-state index in [9.17, 15) is 0 Å². The highest BCUT2D eigenvalue weighted by Crippen LogP contribution is 2.17. The maximum absolute atomic E-state index is 4.42. The number of aromatic nitrogens is 2. The van der Waals surface area contributed by atoms with Gasteiger partial charge >= 0.3 is 0 Å². The molecule has 0 spiro atoms. The number of nitrogens with zero attached hydrogens (tertiary/aromatic N) is 2. The van der Waals surface area contributed by atoms with Crippen LogP contribution in [0.3, 0.4) is 0 Å². The van der Waals surface area contributed by atoms with Gasteiger partial charge in [-0.05, 0) is 22.4 Å². The Balaban J connectivity index is 2.74. The van der Waals surface area contributed by atoms with E-state index < -0.39 is 0 Å². The fourth-order valence-corrected chi connectivity index (χ4v) is 1.48. The van der Waals surface area contributed by atoms with Crippen molar-refractivity contribution in [3.8, 4) is 0 Å². The lowest BCUT2D eigenvalue weighted by Crippen LogP contribution is -2.06. The monoisotopic (exact) mass is 269 g/mol. The summed E-state index contributed by atoms with van der Waals surface area (Å²) >= 11 is 3.38. The topological polar surface area (TPSA) is 37.8 Å². The summed E-state index contributed by atoms with van der Waals surface area (Å²) in [5, 5.41) is 3.23. The third kappa shape index (κ3) is 4.00. The highest BCUT2D eigenvalue weighted by atomic mass is 79.9. The van der Waals surface area contributed by atoms with Crippen LogP contribution in [0.2, 0.25) is 0 Å². The quantitative estimate of drug-likeness (QED) is 0.506. The zero-order valence-electron chi connectivity index (χ0n) is 9.13. The standard InChI is InChI=1S/C11H16BrN3/c1-4-5-6-13-10-7-9(12)14-11(15-10)8(2)3/h4,7-8H,1,5-6H2,2-3H3,(H,13,14,15). The zero-order chi connectivity index (χ0) is 11.3. The van der Waals surface area contributed by atoms with E-state index in [-0.39, 0.29) is 0 Å². The van der Waals surface area contributed by atoms with Crippen LogP contribution >= 0.6 is 15.9 Å². The van der Waals surface area contributed by atoms with E-state index in [0.29, 0.717) is 5.92 Å². The lowest BCUT2D eigenvalue weighted by atomic mass is 10.2. The first-order chi connectivity index (χ1) is 7.13. The average Bonchev–Trinajstić information content (AvgIpc) is 2.17. The van der Waals surface area contributed by atoms with Gasteiger partial charge in [-0.1, -0.05) is 19.9 Å². The molecule has 82 valence electrons. The molecule has 4 heteroatoms. The Morgan fingerprint density at radius 1 is 1.53 bits per heavy atom. The van der Waals surface area contributed by atoms with Crippen molar-refractivity contribution < 1.29 is 0 Å². The van der Waals surface area contributed by atoms with E-state index in [0.717, 1.165) is 29.2 Å². The summed E-state index contributed by atoms with van der Waals surface area (Å²) in [5.74, 6) is 2.05. The van der Waals surface area contributed by atoms with Crippen LogP contribution in [0.15, 0.2) is 23.3 Å². The molecule has 0 saturated heterocycles. The van der Waals surface area contributed by atoms with Gasteiger partial charge in [0.1, 0.15) is 16.2 Å². The van der Waals surface area contributed by atoms with Crippen LogP contribution in [0.4, 0.5) is 5.82 Å². The fraction of sp³-hybridized carbons (Fsp3) is 0.455. The first-order valence-corrected chi connectivity index (χ1v) is 5.82. The molecule has 0 aliphatic heterocycles. The number of rotatable bonds is 5. The molecule has 1 N–H and O–H groups in total. The van der Waals surface area contributed by atoms with Gasteiger partial charge in [0.05, 0.1) is 0 Å². The summed E-state index contributed by atoms with van der Waals surface area (Å²) in [7, 11) is 0. The molecule has 1 rings (SSSR count). The summed E-state index contributed by atoms with van der Waals surface area (Å²) in [4.78, 5) is 8.73. The van der Waals surface area contributed by atoms with E-state index >= 15 is 0 Å². The summed E-state index contributed by atoms with van der Waals surface area (Å²) < 4.78 is 0.822. The highest BCUT2D eigenvalue weighted by molar-refractivity contribution is 9.10. The van der Waals surface area contributed by atoms with Gasteiger partial charge in [-0.3, -0.25) is 0 Å². The van der Waals surface area contributed by atoms with Crippen LogP contribution in [0.25, 0.3) is 0 Å². The number of hydrogen-bond donors (Lipinski definition) is 1. The minimum Gasteiger partial charge on any atom is -0.370 e. The number of halogens is 1. The smallest absolute Gasteiger partial charge is 0.134 e. The number of nitrogens with one attached hydrogen (secondary N) is 1. The molecule has 0 bridgehead atoms. The molecular formula is C11H16BrN3. The van der Waals surface area contributed by atoms with Crippen LogP contribution < -0.4 is 5.32 Å². The molecule has 3 nitrogen and oxygen atoms in total. The molecule has 1 aromatic rings. The predicted octanol–water partition coefficient (Wildman–Crippen LogP) is 3.35. The molecular weight excluding hydrogens is 254 g/mol. The molecule has 0 aliphatic carbocycles. The van der Waals surface area contributed by atoms with Gasteiger partial charge in [-0.15, -0.1) is 6.58 Å². The van der Waals surface area contributed by atoms with Crippen molar-refractivity contribution in [3.63, 3.8) is 0 Å². The molecule has 0 amide bonds. The van der Waals surface area contributed by atoms with Crippen molar-refractivity contribution in [2.45, 2.75) is 26.2 Å².